The van der Waals surface area contributed by atoms with Crippen LogP contribution in [0.3, 0.4) is 0 Å². The first-order chi connectivity index (χ1) is 15.1. The van der Waals surface area contributed by atoms with Crippen molar-refractivity contribution in [1.82, 2.24) is 9.80 Å². The van der Waals surface area contributed by atoms with E-state index in [0.29, 0.717) is 13.1 Å². The molecular weight excluding hydrogens is 388 g/mol. The smallest absolute Gasteiger partial charge is 0.238 e. The van der Waals surface area contributed by atoms with E-state index in [0.717, 1.165) is 67.9 Å². The Morgan fingerprint density at radius 1 is 0.710 bits per heavy atom. The van der Waals surface area contributed by atoms with E-state index in [9.17, 15) is 9.59 Å². The molecule has 6 heteroatoms. The maximum atomic E-state index is 12.6. The molecule has 1 heterocycles. The molecule has 0 bridgehead atoms. The van der Waals surface area contributed by atoms with Gasteiger partial charge in [0.2, 0.25) is 11.8 Å². The minimum Gasteiger partial charge on any atom is -0.325 e. The van der Waals surface area contributed by atoms with Crippen LogP contribution in [0, 0.1) is 0 Å². The molecule has 31 heavy (non-hydrogen) atoms. The van der Waals surface area contributed by atoms with Gasteiger partial charge in [-0.15, -0.1) is 0 Å². The molecule has 1 aliphatic heterocycles. The van der Waals surface area contributed by atoms with Gasteiger partial charge in [0.1, 0.15) is 0 Å². The van der Waals surface area contributed by atoms with Crippen LogP contribution < -0.4 is 10.6 Å². The van der Waals surface area contributed by atoms with Gasteiger partial charge in [-0.25, -0.2) is 0 Å². The number of aryl methyl sites for hydroxylation is 2. The third kappa shape index (κ3) is 6.91. The summed E-state index contributed by atoms with van der Waals surface area (Å²) in [7, 11) is 0. The second-order valence-corrected chi connectivity index (χ2v) is 8.02. The summed E-state index contributed by atoms with van der Waals surface area (Å²) in [5, 5.41) is 6.10. The standard InChI is InChI=1S/C25H34N4O2/c1-3-20-10-5-7-12-22(20)26-24(30)18-28-14-9-15-29(17-16-28)19-25(31)27-23-13-8-6-11-21(23)4-2/h5-8,10-13H,3-4,9,14-19H2,1-2H3,(H,26,30)(H,27,31). The van der Waals surface area contributed by atoms with Crippen molar-refractivity contribution in [2.24, 2.45) is 0 Å². The van der Waals surface area contributed by atoms with Crippen molar-refractivity contribution in [2.75, 3.05) is 49.9 Å². The van der Waals surface area contributed by atoms with Crippen LogP contribution in [0.25, 0.3) is 0 Å². The van der Waals surface area contributed by atoms with Crippen LogP contribution in [-0.2, 0) is 22.4 Å². The SMILES string of the molecule is CCc1ccccc1NC(=O)CN1CCCN(CC(=O)Nc2ccccc2CC)CC1. The zero-order valence-electron chi connectivity index (χ0n) is 18.7. The van der Waals surface area contributed by atoms with Gasteiger partial charge in [0.05, 0.1) is 13.1 Å². The Morgan fingerprint density at radius 3 is 1.55 bits per heavy atom. The van der Waals surface area contributed by atoms with E-state index in [1.807, 2.05) is 48.5 Å². The van der Waals surface area contributed by atoms with Crippen LogP contribution in [-0.4, -0.2) is 60.9 Å². The first-order valence-electron chi connectivity index (χ1n) is 11.3. The largest absolute Gasteiger partial charge is 0.325 e. The lowest BCUT2D eigenvalue weighted by atomic mass is 10.1. The Morgan fingerprint density at radius 2 is 1.13 bits per heavy atom. The van der Waals surface area contributed by atoms with Gasteiger partial charge in [0.25, 0.3) is 0 Å². The van der Waals surface area contributed by atoms with Gasteiger partial charge < -0.3 is 10.6 Å². The van der Waals surface area contributed by atoms with Crippen molar-refractivity contribution in [3.8, 4) is 0 Å². The molecule has 1 aliphatic rings. The van der Waals surface area contributed by atoms with E-state index in [4.69, 9.17) is 0 Å². The number of hydrogen-bond acceptors (Lipinski definition) is 4. The van der Waals surface area contributed by atoms with Crippen molar-refractivity contribution in [3.63, 3.8) is 0 Å². The molecule has 166 valence electrons. The van der Waals surface area contributed by atoms with Crippen molar-refractivity contribution >= 4 is 23.2 Å². The highest BCUT2D eigenvalue weighted by Crippen LogP contribution is 2.16. The number of nitrogens with zero attached hydrogens (tertiary/aromatic N) is 2. The fourth-order valence-corrected chi connectivity index (χ4v) is 4.03. The molecule has 0 aliphatic carbocycles. The van der Waals surface area contributed by atoms with E-state index in [2.05, 4.69) is 34.3 Å². The maximum absolute atomic E-state index is 12.6. The molecule has 0 unspecified atom stereocenters. The number of amides is 2. The summed E-state index contributed by atoms with van der Waals surface area (Å²) in [5.41, 5.74) is 4.09. The first kappa shape index (κ1) is 23.0. The summed E-state index contributed by atoms with van der Waals surface area (Å²) in [5.74, 6) is 0.0338. The summed E-state index contributed by atoms with van der Waals surface area (Å²) in [6.07, 6.45) is 2.72. The van der Waals surface area contributed by atoms with Gasteiger partial charge in [-0.1, -0.05) is 50.2 Å². The van der Waals surface area contributed by atoms with Gasteiger partial charge >= 0.3 is 0 Å². The lowest BCUT2D eigenvalue weighted by Gasteiger charge is -2.21. The van der Waals surface area contributed by atoms with Crippen LogP contribution >= 0.6 is 0 Å². The van der Waals surface area contributed by atoms with Crippen LogP contribution in [0.15, 0.2) is 48.5 Å². The number of para-hydroxylation sites is 2. The highest BCUT2D eigenvalue weighted by atomic mass is 16.2. The van der Waals surface area contributed by atoms with Crippen molar-refractivity contribution in [2.45, 2.75) is 33.1 Å². The Balaban J connectivity index is 1.46. The molecule has 0 aromatic heterocycles. The van der Waals surface area contributed by atoms with Crippen molar-refractivity contribution in [1.29, 1.82) is 0 Å². The molecule has 3 rings (SSSR count). The molecule has 1 fully saturated rings. The second-order valence-electron chi connectivity index (χ2n) is 8.02. The zero-order valence-corrected chi connectivity index (χ0v) is 18.7. The van der Waals surface area contributed by atoms with Crippen molar-refractivity contribution < 1.29 is 9.59 Å². The molecule has 0 saturated carbocycles. The summed E-state index contributed by atoms with van der Waals surface area (Å²) >= 11 is 0. The van der Waals surface area contributed by atoms with Crippen LogP contribution in [0.5, 0.6) is 0 Å². The van der Waals surface area contributed by atoms with Crippen molar-refractivity contribution in [3.05, 3.63) is 59.7 Å². The number of carbonyl (C=O) groups is 2. The Hall–Kier alpha value is -2.70. The van der Waals surface area contributed by atoms with E-state index >= 15 is 0 Å². The lowest BCUT2D eigenvalue weighted by molar-refractivity contribution is -0.118. The highest BCUT2D eigenvalue weighted by Gasteiger charge is 2.19. The highest BCUT2D eigenvalue weighted by molar-refractivity contribution is 5.93. The Kier molecular flexibility index (Phi) is 8.62. The van der Waals surface area contributed by atoms with Crippen LogP contribution in [0.2, 0.25) is 0 Å². The van der Waals surface area contributed by atoms with Gasteiger partial charge in [0, 0.05) is 24.5 Å². The van der Waals surface area contributed by atoms with E-state index < -0.39 is 0 Å². The summed E-state index contributed by atoms with van der Waals surface area (Å²) in [6, 6.07) is 15.9. The normalized spacial score (nSPS) is 15.3. The van der Waals surface area contributed by atoms with Crippen LogP contribution in [0.4, 0.5) is 11.4 Å². The fourth-order valence-electron chi connectivity index (χ4n) is 4.03. The van der Waals surface area contributed by atoms with E-state index in [-0.39, 0.29) is 11.8 Å². The monoisotopic (exact) mass is 422 g/mol. The average Bonchev–Trinajstić information content (AvgIpc) is 2.99. The first-order valence-corrected chi connectivity index (χ1v) is 11.3. The predicted octanol–water partition coefficient (Wildman–Crippen LogP) is 3.40. The molecule has 2 aromatic carbocycles. The number of benzene rings is 2. The predicted molar refractivity (Wildman–Crippen MR) is 126 cm³/mol. The Labute approximate surface area is 185 Å². The topological polar surface area (TPSA) is 64.7 Å². The van der Waals surface area contributed by atoms with E-state index in [1.165, 1.54) is 0 Å². The molecule has 0 radical (unpaired) electrons. The quantitative estimate of drug-likeness (QED) is 0.684. The second kappa shape index (κ2) is 11.6. The summed E-state index contributed by atoms with van der Waals surface area (Å²) < 4.78 is 0. The number of hydrogen-bond donors (Lipinski definition) is 2. The molecule has 2 N–H and O–H groups in total. The van der Waals surface area contributed by atoms with Crippen LogP contribution in [0.1, 0.15) is 31.4 Å². The van der Waals surface area contributed by atoms with Gasteiger partial charge in [-0.05, 0) is 55.6 Å². The average molecular weight is 423 g/mol. The molecule has 0 atom stereocenters. The minimum absolute atomic E-state index is 0.0169. The maximum Gasteiger partial charge on any atom is 0.238 e. The third-order valence-electron chi connectivity index (χ3n) is 5.76. The van der Waals surface area contributed by atoms with E-state index in [1.54, 1.807) is 0 Å². The van der Waals surface area contributed by atoms with Gasteiger partial charge in [-0.3, -0.25) is 19.4 Å². The van der Waals surface area contributed by atoms with Gasteiger partial charge in [-0.2, -0.15) is 0 Å². The molecule has 1 saturated heterocycles. The molecular formula is C25H34N4O2. The third-order valence-corrected chi connectivity index (χ3v) is 5.76. The van der Waals surface area contributed by atoms with Gasteiger partial charge in [0.15, 0.2) is 0 Å². The summed E-state index contributed by atoms with van der Waals surface area (Å²) in [4.78, 5) is 29.5. The molecule has 2 amide bonds. The molecule has 6 nitrogen and oxygen atoms in total. The molecule has 2 aromatic rings. The Bertz CT molecular complexity index is 812. The fraction of sp³-hybridized carbons (Fsp3) is 0.440. The minimum atomic E-state index is 0.0169. The number of rotatable bonds is 8. The number of carbonyl (C=O) groups excluding carboxylic acids is 2. The number of nitrogens with one attached hydrogen (secondary N) is 2. The zero-order chi connectivity index (χ0) is 22.1. The summed E-state index contributed by atoms with van der Waals surface area (Å²) in [6.45, 7) is 8.21. The lowest BCUT2D eigenvalue weighted by Crippen LogP contribution is -2.38. The number of anilines is 2. The molecule has 0 spiro atoms.